The molecule has 3 nitrogen and oxygen atoms in total. The molecule has 0 spiro atoms. The molecular formula is C6H4BF3O3. The average Bonchev–Trinajstić information content (AvgIpc) is 2.07. The van der Waals surface area contributed by atoms with E-state index in [-0.39, 0.29) is 0 Å². The Balaban J connectivity index is 3.41. The molecule has 0 saturated heterocycles. The van der Waals surface area contributed by atoms with Crippen LogP contribution in [0.1, 0.15) is 0 Å². The minimum atomic E-state index is -2.26. The molecule has 0 amide bonds. The molecule has 0 aromatic heterocycles. The molecule has 0 heterocycles. The van der Waals surface area contributed by atoms with Gasteiger partial charge in [0.1, 0.15) is 0 Å². The lowest BCUT2D eigenvalue weighted by molar-refractivity contribution is 0.382. The first-order chi connectivity index (χ1) is 5.95. The Morgan fingerprint density at radius 1 is 1.08 bits per heavy atom. The summed E-state index contributed by atoms with van der Waals surface area (Å²) < 4.78 is 37.3. The van der Waals surface area contributed by atoms with Crippen LogP contribution in [0.3, 0.4) is 0 Å². The van der Waals surface area contributed by atoms with Gasteiger partial charge in [-0.15, -0.1) is 0 Å². The summed E-state index contributed by atoms with van der Waals surface area (Å²) in [4.78, 5) is 0. The molecule has 0 unspecified atom stereocenters. The van der Waals surface area contributed by atoms with Gasteiger partial charge in [-0.3, -0.25) is 0 Å². The zero-order valence-electron chi connectivity index (χ0n) is 6.13. The van der Waals surface area contributed by atoms with Crippen LogP contribution >= 0.6 is 0 Å². The van der Waals surface area contributed by atoms with Crippen LogP contribution in [-0.2, 0) is 0 Å². The van der Waals surface area contributed by atoms with E-state index in [4.69, 9.17) is 15.2 Å². The Hall–Kier alpha value is -1.21. The van der Waals surface area contributed by atoms with Crippen LogP contribution in [0.15, 0.2) is 6.07 Å². The third kappa shape index (κ3) is 1.61. The highest BCUT2D eigenvalue weighted by Gasteiger charge is 2.24. The first kappa shape index (κ1) is 9.88. The molecule has 0 radical (unpaired) electrons. The molecule has 3 N–H and O–H groups in total. The fourth-order valence-electron chi connectivity index (χ4n) is 0.801. The summed E-state index contributed by atoms with van der Waals surface area (Å²) >= 11 is 0. The van der Waals surface area contributed by atoms with Crippen molar-refractivity contribution in [3.8, 4) is 5.75 Å². The second-order valence-corrected chi connectivity index (χ2v) is 2.30. The highest BCUT2D eigenvalue weighted by Crippen LogP contribution is 2.18. The fraction of sp³-hybridized carbons (Fsp3) is 0. The number of aromatic hydroxyl groups is 1. The van der Waals surface area contributed by atoms with Crippen molar-refractivity contribution in [3.63, 3.8) is 0 Å². The number of hydrogen-bond donors (Lipinski definition) is 3. The molecule has 1 aromatic rings. The molecule has 0 bridgehead atoms. The molecule has 7 heteroatoms. The van der Waals surface area contributed by atoms with E-state index in [2.05, 4.69) is 0 Å². The molecular weight excluding hydrogens is 188 g/mol. The molecule has 0 aliphatic rings. The quantitative estimate of drug-likeness (QED) is 0.414. The van der Waals surface area contributed by atoms with Crippen LogP contribution < -0.4 is 5.46 Å². The van der Waals surface area contributed by atoms with Crippen LogP contribution in [0.25, 0.3) is 0 Å². The van der Waals surface area contributed by atoms with E-state index < -0.39 is 35.8 Å². The van der Waals surface area contributed by atoms with E-state index in [1.54, 1.807) is 0 Å². The van der Waals surface area contributed by atoms with Crippen molar-refractivity contribution in [3.05, 3.63) is 23.5 Å². The fourth-order valence-corrected chi connectivity index (χ4v) is 0.801. The van der Waals surface area contributed by atoms with Crippen molar-refractivity contribution in [2.75, 3.05) is 0 Å². The molecule has 0 atom stereocenters. The van der Waals surface area contributed by atoms with Crippen LogP contribution in [0, 0.1) is 17.5 Å². The summed E-state index contributed by atoms with van der Waals surface area (Å²) in [7, 11) is -2.26. The largest absolute Gasteiger partial charge is 0.505 e. The van der Waals surface area contributed by atoms with Crippen molar-refractivity contribution in [1.29, 1.82) is 0 Å². The third-order valence-electron chi connectivity index (χ3n) is 1.44. The molecule has 70 valence electrons. The van der Waals surface area contributed by atoms with Crippen LogP contribution in [0.5, 0.6) is 5.75 Å². The lowest BCUT2D eigenvalue weighted by Gasteiger charge is -2.05. The number of hydrogen-bond acceptors (Lipinski definition) is 3. The first-order valence-corrected chi connectivity index (χ1v) is 3.17. The number of halogens is 3. The monoisotopic (exact) mass is 192 g/mol. The normalized spacial score (nSPS) is 10.2. The van der Waals surface area contributed by atoms with Gasteiger partial charge >= 0.3 is 7.12 Å². The third-order valence-corrected chi connectivity index (χ3v) is 1.44. The average molecular weight is 192 g/mol. The predicted octanol–water partition coefficient (Wildman–Crippen LogP) is -0.511. The summed E-state index contributed by atoms with van der Waals surface area (Å²) in [6.07, 6.45) is 0. The van der Waals surface area contributed by atoms with Gasteiger partial charge in [-0.1, -0.05) is 0 Å². The van der Waals surface area contributed by atoms with Gasteiger partial charge in [-0.05, 0) is 6.07 Å². The van der Waals surface area contributed by atoms with Crippen LogP contribution in [0.4, 0.5) is 13.2 Å². The van der Waals surface area contributed by atoms with Crippen molar-refractivity contribution in [2.45, 2.75) is 0 Å². The van der Waals surface area contributed by atoms with E-state index in [1.165, 1.54) is 0 Å². The molecule has 1 aromatic carbocycles. The number of rotatable bonds is 1. The smallest absolute Gasteiger partial charge is 0.492 e. The van der Waals surface area contributed by atoms with E-state index in [9.17, 15) is 13.2 Å². The zero-order chi connectivity index (χ0) is 10.2. The van der Waals surface area contributed by atoms with Crippen molar-refractivity contribution in [1.82, 2.24) is 0 Å². The number of phenolic OH excluding ortho intramolecular Hbond substituents is 1. The Bertz CT molecular complexity index is 342. The van der Waals surface area contributed by atoms with Gasteiger partial charge in [0.05, 0.1) is 0 Å². The van der Waals surface area contributed by atoms with Crippen molar-refractivity contribution < 1.29 is 28.3 Å². The maximum Gasteiger partial charge on any atom is 0.492 e. The van der Waals surface area contributed by atoms with Gasteiger partial charge < -0.3 is 15.2 Å². The van der Waals surface area contributed by atoms with Gasteiger partial charge in [-0.2, -0.15) is 4.39 Å². The standard InChI is InChI=1S/C6H4BF3O3/c8-3-1-2(7(12)13)6(11)5(10)4(3)9/h1,11-13H. The molecule has 0 aliphatic carbocycles. The lowest BCUT2D eigenvalue weighted by atomic mass is 9.79. The van der Waals surface area contributed by atoms with E-state index in [0.717, 1.165) is 0 Å². The van der Waals surface area contributed by atoms with Gasteiger partial charge in [0.25, 0.3) is 0 Å². The molecule has 0 saturated carbocycles. The minimum Gasteiger partial charge on any atom is -0.505 e. The van der Waals surface area contributed by atoms with Gasteiger partial charge in [0.2, 0.25) is 5.82 Å². The van der Waals surface area contributed by atoms with Gasteiger partial charge in [0.15, 0.2) is 17.4 Å². The summed E-state index contributed by atoms with van der Waals surface area (Å²) in [5.41, 5.74) is -0.823. The second kappa shape index (κ2) is 3.27. The van der Waals surface area contributed by atoms with Crippen LogP contribution in [-0.4, -0.2) is 22.3 Å². The van der Waals surface area contributed by atoms with Gasteiger partial charge in [-0.25, -0.2) is 8.78 Å². The predicted molar refractivity (Wildman–Crippen MR) is 37.8 cm³/mol. The highest BCUT2D eigenvalue weighted by atomic mass is 19.2. The minimum absolute atomic E-state index is 0.304. The van der Waals surface area contributed by atoms with Gasteiger partial charge in [0, 0.05) is 5.46 Å². The molecule has 13 heavy (non-hydrogen) atoms. The number of phenols is 1. The summed E-state index contributed by atoms with van der Waals surface area (Å²) in [6, 6.07) is 0.304. The SMILES string of the molecule is OB(O)c1cc(F)c(F)c(F)c1O. The van der Waals surface area contributed by atoms with E-state index in [0.29, 0.717) is 6.07 Å². The topological polar surface area (TPSA) is 60.7 Å². The Morgan fingerprint density at radius 3 is 2.08 bits per heavy atom. The zero-order valence-corrected chi connectivity index (χ0v) is 6.13. The maximum atomic E-state index is 12.5. The molecule has 0 aliphatic heterocycles. The Kier molecular flexibility index (Phi) is 2.49. The van der Waals surface area contributed by atoms with Crippen molar-refractivity contribution >= 4 is 12.6 Å². The second-order valence-electron chi connectivity index (χ2n) is 2.30. The molecule has 0 fully saturated rings. The Labute approximate surface area is 71.2 Å². The maximum absolute atomic E-state index is 12.5. The summed E-state index contributed by atoms with van der Waals surface area (Å²) in [5.74, 6) is -6.61. The van der Waals surface area contributed by atoms with Crippen molar-refractivity contribution in [2.24, 2.45) is 0 Å². The summed E-state index contributed by atoms with van der Waals surface area (Å²) in [6.45, 7) is 0. The van der Waals surface area contributed by atoms with E-state index in [1.807, 2.05) is 0 Å². The number of benzene rings is 1. The lowest BCUT2D eigenvalue weighted by Crippen LogP contribution is -2.31. The van der Waals surface area contributed by atoms with Crippen LogP contribution in [0.2, 0.25) is 0 Å². The highest BCUT2D eigenvalue weighted by molar-refractivity contribution is 6.59. The first-order valence-electron chi connectivity index (χ1n) is 3.17. The van der Waals surface area contributed by atoms with E-state index >= 15 is 0 Å². The Morgan fingerprint density at radius 2 is 1.62 bits per heavy atom. The molecule has 1 rings (SSSR count). The summed E-state index contributed by atoms with van der Waals surface area (Å²) in [5, 5.41) is 25.7.